The summed E-state index contributed by atoms with van der Waals surface area (Å²) < 4.78 is 6.69. The Labute approximate surface area is 139 Å². The molecule has 112 valence electrons. The van der Waals surface area contributed by atoms with Gasteiger partial charge in [0.2, 0.25) is 0 Å². The van der Waals surface area contributed by atoms with Crippen molar-refractivity contribution in [2.75, 3.05) is 12.4 Å². The van der Waals surface area contributed by atoms with Gasteiger partial charge in [0.15, 0.2) is 0 Å². The zero-order valence-corrected chi connectivity index (χ0v) is 14.0. The first-order valence-electron chi connectivity index (χ1n) is 7.63. The molecule has 0 bridgehead atoms. The highest BCUT2D eigenvalue weighted by Crippen LogP contribution is 2.52. The van der Waals surface area contributed by atoms with Crippen LogP contribution in [-0.4, -0.2) is 7.11 Å². The highest BCUT2D eigenvalue weighted by atomic mass is 79.9. The number of fused-ring (bicyclic) bond motifs is 3. The van der Waals surface area contributed by atoms with Gasteiger partial charge in [0, 0.05) is 10.4 Å². The van der Waals surface area contributed by atoms with Gasteiger partial charge < -0.3 is 10.1 Å². The van der Waals surface area contributed by atoms with Crippen molar-refractivity contribution in [3.8, 4) is 5.75 Å². The molecule has 0 amide bonds. The lowest BCUT2D eigenvalue weighted by molar-refractivity contribution is 0.397. The molecule has 3 heteroatoms. The highest BCUT2D eigenvalue weighted by Gasteiger charge is 2.38. The predicted molar refractivity (Wildman–Crippen MR) is 93.5 cm³/mol. The molecule has 1 aliphatic carbocycles. The zero-order chi connectivity index (χ0) is 15.1. The molecule has 2 aromatic carbocycles. The van der Waals surface area contributed by atoms with Gasteiger partial charge in [-0.2, -0.15) is 0 Å². The summed E-state index contributed by atoms with van der Waals surface area (Å²) in [5.41, 5.74) is 3.83. The number of methoxy groups -OCH3 is 1. The number of ether oxygens (including phenoxy) is 1. The highest BCUT2D eigenvalue weighted by molar-refractivity contribution is 9.10. The second kappa shape index (κ2) is 5.47. The zero-order valence-electron chi connectivity index (χ0n) is 12.4. The lowest BCUT2D eigenvalue weighted by atomic mass is 9.77. The molecule has 2 aromatic rings. The number of halogens is 1. The first kappa shape index (κ1) is 13.9. The summed E-state index contributed by atoms with van der Waals surface area (Å²) in [5.74, 6) is 1.97. The molecule has 0 aromatic heterocycles. The van der Waals surface area contributed by atoms with Crippen molar-refractivity contribution in [1.29, 1.82) is 0 Å². The molecule has 22 heavy (non-hydrogen) atoms. The van der Waals surface area contributed by atoms with Crippen LogP contribution in [-0.2, 0) is 0 Å². The Morgan fingerprint density at radius 1 is 1.14 bits per heavy atom. The third kappa shape index (κ3) is 2.15. The Kier molecular flexibility index (Phi) is 3.45. The molecule has 0 saturated carbocycles. The molecule has 3 atom stereocenters. The number of nitrogens with one attached hydrogen (secondary N) is 1. The normalized spacial score (nSPS) is 25.3. The fourth-order valence-electron chi connectivity index (χ4n) is 3.76. The number of hydrogen-bond acceptors (Lipinski definition) is 2. The van der Waals surface area contributed by atoms with Gasteiger partial charge in [0.05, 0.1) is 18.8 Å². The summed E-state index contributed by atoms with van der Waals surface area (Å²) in [6.45, 7) is 0. The van der Waals surface area contributed by atoms with Crippen LogP contribution in [0.5, 0.6) is 5.75 Å². The average Bonchev–Trinajstić information content (AvgIpc) is 3.04. The van der Waals surface area contributed by atoms with Crippen LogP contribution in [0, 0.1) is 5.92 Å². The minimum atomic E-state index is 0.317. The van der Waals surface area contributed by atoms with E-state index in [0.717, 1.165) is 22.3 Å². The molecule has 1 aliphatic heterocycles. The average molecular weight is 356 g/mol. The fraction of sp³-hybridized carbons (Fsp3) is 0.263. The lowest BCUT2D eigenvalue weighted by Gasteiger charge is -2.38. The van der Waals surface area contributed by atoms with E-state index in [0.29, 0.717) is 17.9 Å². The van der Waals surface area contributed by atoms with E-state index in [1.807, 2.05) is 6.07 Å². The van der Waals surface area contributed by atoms with Crippen LogP contribution < -0.4 is 10.1 Å². The van der Waals surface area contributed by atoms with E-state index in [9.17, 15) is 0 Å². The van der Waals surface area contributed by atoms with E-state index >= 15 is 0 Å². The van der Waals surface area contributed by atoms with Gasteiger partial charge in [-0.05, 0) is 41.7 Å². The first-order valence-corrected chi connectivity index (χ1v) is 8.43. The summed E-state index contributed by atoms with van der Waals surface area (Å²) in [4.78, 5) is 0. The van der Waals surface area contributed by atoms with Crippen LogP contribution in [0.1, 0.15) is 29.5 Å². The second-order valence-electron chi connectivity index (χ2n) is 5.95. The van der Waals surface area contributed by atoms with Gasteiger partial charge in [-0.15, -0.1) is 0 Å². The maximum Gasteiger partial charge on any atom is 0.142 e. The van der Waals surface area contributed by atoms with Crippen LogP contribution in [0.4, 0.5) is 5.69 Å². The summed E-state index contributed by atoms with van der Waals surface area (Å²) in [7, 11) is 1.74. The molecule has 0 saturated heterocycles. The molecule has 2 aliphatic rings. The smallest absolute Gasteiger partial charge is 0.142 e. The fourth-order valence-corrected chi connectivity index (χ4v) is 4.03. The lowest BCUT2D eigenvalue weighted by Crippen LogP contribution is -2.29. The van der Waals surface area contributed by atoms with Crippen molar-refractivity contribution in [3.05, 3.63) is 70.2 Å². The molecule has 0 unspecified atom stereocenters. The summed E-state index contributed by atoms with van der Waals surface area (Å²) in [6, 6.07) is 15.3. The quantitative estimate of drug-likeness (QED) is 0.739. The Hall–Kier alpha value is -1.74. The van der Waals surface area contributed by atoms with Crippen LogP contribution >= 0.6 is 15.9 Å². The first-order chi connectivity index (χ1) is 10.8. The van der Waals surface area contributed by atoms with Gasteiger partial charge in [-0.3, -0.25) is 0 Å². The summed E-state index contributed by atoms with van der Waals surface area (Å²) >= 11 is 3.52. The third-order valence-electron chi connectivity index (χ3n) is 4.81. The van der Waals surface area contributed by atoms with E-state index < -0.39 is 0 Å². The Bertz CT molecular complexity index is 723. The SMILES string of the molecule is COc1cccc2c1N[C@H](c1ccc(Br)cc1)[C@H]1CC=C[C@@H]21. The van der Waals surface area contributed by atoms with Gasteiger partial charge in [0.1, 0.15) is 5.75 Å². The second-order valence-corrected chi connectivity index (χ2v) is 6.87. The molecule has 1 heterocycles. The topological polar surface area (TPSA) is 21.3 Å². The molecule has 2 nitrogen and oxygen atoms in total. The molecular weight excluding hydrogens is 338 g/mol. The Morgan fingerprint density at radius 2 is 1.95 bits per heavy atom. The van der Waals surface area contributed by atoms with Gasteiger partial charge >= 0.3 is 0 Å². The number of benzene rings is 2. The monoisotopic (exact) mass is 355 g/mol. The predicted octanol–water partition coefficient (Wildman–Crippen LogP) is 5.28. The van der Waals surface area contributed by atoms with Crippen molar-refractivity contribution in [3.63, 3.8) is 0 Å². The number of rotatable bonds is 2. The van der Waals surface area contributed by atoms with E-state index in [-0.39, 0.29) is 0 Å². The van der Waals surface area contributed by atoms with E-state index in [2.05, 4.69) is 69.8 Å². The van der Waals surface area contributed by atoms with Gasteiger partial charge in [-0.1, -0.05) is 52.3 Å². The minimum Gasteiger partial charge on any atom is -0.495 e. The maximum absolute atomic E-state index is 5.57. The molecule has 0 radical (unpaired) electrons. The van der Waals surface area contributed by atoms with Crippen LogP contribution in [0.2, 0.25) is 0 Å². The van der Waals surface area contributed by atoms with Gasteiger partial charge in [-0.25, -0.2) is 0 Å². The summed E-state index contributed by atoms with van der Waals surface area (Å²) in [6.07, 6.45) is 5.79. The third-order valence-corrected chi connectivity index (χ3v) is 5.34. The molecule has 0 fully saturated rings. The van der Waals surface area contributed by atoms with Crippen molar-refractivity contribution < 1.29 is 4.74 Å². The van der Waals surface area contributed by atoms with Crippen molar-refractivity contribution in [2.45, 2.75) is 18.4 Å². The molecule has 4 rings (SSSR count). The standard InChI is InChI=1S/C19H18BrNO/c1-22-17-7-3-6-16-14-4-2-5-15(14)18(21-19(16)17)12-8-10-13(20)11-9-12/h2-4,6-11,14-15,18,21H,5H2,1H3/t14-,15+,18-/m1/s1. The van der Waals surface area contributed by atoms with E-state index in [1.165, 1.54) is 11.1 Å². The van der Waals surface area contributed by atoms with Gasteiger partial charge in [0.25, 0.3) is 0 Å². The number of allylic oxidation sites excluding steroid dienone is 2. The summed E-state index contributed by atoms with van der Waals surface area (Å²) in [5, 5.41) is 3.74. The van der Waals surface area contributed by atoms with Crippen molar-refractivity contribution in [1.82, 2.24) is 0 Å². The number of anilines is 1. The van der Waals surface area contributed by atoms with E-state index in [4.69, 9.17) is 4.74 Å². The Balaban J connectivity index is 1.81. The minimum absolute atomic E-state index is 0.317. The van der Waals surface area contributed by atoms with E-state index in [1.54, 1.807) is 7.11 Å². The van der Waals surface area contributed by atoms with Crippen LogP contribution in [0.15, 0.2) is 59.1 Å². The Morgan fingerprint density at radius 3 is 2.73 bits per heavy atom. The number of hydrogen-bond donors (Lipinski definition) is 1. The molecule has 0 spiro atoms. The van der Waals surface area contributed by atoms with Crippen LogP contribution in [0.25, 0.3) is 0 Å². The van der Waals surface area contributed by atoms with Crippen LogP contribution in [0.3, 0.4) is 0 Å². The largest absolute Gasteiger partial charge is 0.495 e. The van der Waals surface area contributed by atoms with Crippen molar-refractivity contribution in [2.24, 2.45) is 5.92 Å². The molecule has 1 N–H and O–H groups in total. The van der Waals surface area contributed by atoms with Crippen molar-refractivity contribution >= 4 is 21.6 Å². The maximum atomic E-state index is 5.57. The molecular formula is C19H18BrNO. The number of para-hydroxylation sites is 1.